The van der Waals surface area contributed by atoms with Crippen LogP contribution < -0.4 is 12.3 Å². The Hall–Kier alpha value is -0.940. The summed E-state index contributed by atoms with van der Waals surface area (Å²) < 4.78 is 0. The van der Waals surface area contributed by atoms with Crippen molar-refractivity contribution in [2.45, 2.75) is 0 Å². The molecule has 7 N–H and O–H groups in total. The van der Waals surface area contributed by atoms with Crippen LogP contribution in [0.4, 0.5) is 0 Å². The Kier molecular flexibility index (Phi) is 21.1. The standard InChI is InChI=1S/C2H2O3.2H3N/c3-1-2(4)5;;/h1H,(H,4,5);2*1H3. The van der Waals surface area contributed by atoms with Crippen LogP contribution in [0.25, 0.3) is 0 Å². The van der Waals surface area contributed by atoms with Gasteiger partial charge in [-0.2, -0.15) is 0 Å². The van der Waals surface area contributed by atoms with Crippen LogP contribution in [-0.4, -0.2) is 17.4 Å². The molecular weight excluding hydrogens is 100 g/mol. The van der Waals surface area contributed by atoms with E-state index in [0.717, 1.165) is 0 Å². The Morgan fingerprint density at radius 1 is 1.43 bits per heavy atom. The first-order valence-corrected chi connectivity index (χ1v) is 0.952. The summed E-state index contributed by atoms with van der Waals surface area (Å²) in [5, 5.41) is 7.35. The van der Waals surface area contributed by atoms with Gasteiger partial charge in [-0.05, 0) is 0 Å². The van der Waals surface area contributed by atoms with E-state index in [1.54, 1.807) is 0 Å². The summed E-state index contributed by atoms with van der Waals surface area (Å²) in [6.45, 7) is 0. The summed E-state index contributed by atoms with van der Waals surface area (Å²) in [5.74, 6) is -1.43. The van der Waals surface area contributed by atoms with Crippen molar-refractivity contribution in [3.05, 3.63) is 0 Å². The highest BCUT2D eigenvalue weighted by atomic mass is 16.4. The first-order valence-electron chi connectivity index (χ1n) is 0.952. The molecule has 0 heterocycles. The van der Waals surface area contributed by atoms with Crippen LogP contribution in [0.15, 0.2) is 0 Å². The van der Waals surface area contributed by atoms with Crippen molar-refractivity contribution in [1.82, 2.24) is 12.3 Å². The van der Waals surface area contributed by atoms with Gasteiger partial charge in [0.2, 0.25) is 6.29 Å². The summed E-state index contributed by atoms with van der Waals surface area (Å²) >= 11 is 0. The molecule has 5 heteroatoms. The Morgan fingerprint density at radius 2 is 1.57 bits per heavy atom. The molecule has 44 valence electrons. The zero-order valence-corrected chi connectivity index (χ0v) is 3.76. The van der Waals surface area contributed by atoms with E-state index >= 15 is 0 Å². The molecule has 0 rings (SSSR count). The highest BCUT2D eigenvalue weighted by Crippen LogP contribution is 1.39. The van der Waals surface area contributed by atoms with Crippen molar-refractivity contribution in [3.63, 3.8) is 0 Å². The summed E-state index contributed by atoms with van der Waals surface area (Å²) in [4.78, 5) is 17.9. The van der Waals surface area contributed by atoms with Gasteiger partial charge in [0, 0.05) is 0 Å². The van der Waals surface area contributed by atoms with Gasteiger partial charge < -0.3 is 17.4 Å². The zero-order valence-electron chi connectivity index (χ0n) is 3.76. The molecule has 0 aromatic carbocycles. The SMILES string of the molecule is N.N.O=CC(=O)O. The fourth-order valence-corrected chi connectivity index (χ4v) is 0. The van der Waals surface area contributed by atoms with Gasteiger partial charge in [-0.1, -0.05) is 0 Å². The van der Waals surface area contributed by atoms with Gasteiger partial charge in [0.05, 0.1) is 0 Å². The molecule has 0 radical (unpaired) electrons. The molecule has 0 unspecified atom stereocenters. The number of carboxylic acids is 1. The lowest BCUT2D eigenvalue weighted by molar-refractivity contribution is -0.143. The van der Waals surface area contributed by atoms with Crippen LogP contribution >= 0.6 is 0 Å². The minimum atomic E-state index is -1.43. The second-order valence-electron chi connectivity index (χ2n) is 0.456. The molecule has 0 spiro atoms. The smallest absolute Gasteiger partial charge is 0.368 e. The third-order valence-electron chi connectivity index (χ3n) is 0.101. The Bertz CT molecular complexity index is 62.0. The lowest BCUT2D eigenvalue weighted by atomic mass is 10.8. The van der Waals surface area contributed by atoms with Crippen LogP contribution in [0.2, 0.25) is 0 Å². The minimum Gasteiger partial charge on any atom is -0.476 e. The monoisotopic (exact) mass is 108 g/mol. The summed E-state index contributed by atoms with van der Waals surface area (Å²) in [5.41, 5.74) is 0. The third-order valence-corrected chi connectivity index (χ3v) is 0.101. The number of carbonyl (C=O) groups excluding carboxylic acids is 1. The average molecular weight is 108 g/mol. The predicted molar refractivity (Wildman–Crippen MR) is 23.7 cm³/mol. The molecule has 5 nitrogen and oxygen atoms in total. The first kappa shape index (κ1) is 16.6. The molecule has 0 aliphatic carbocycles. The van der Waals surface area contributed by atoms with E-state index in [2.05, 4.69) is 0 Å². The van der Waals surface area contributed by atoms with Gasteiger partial charge in [0.25, 0.3) is 0 Å². The Labute approximate surface area is 40.5 Å². The van der Waals surface area contributed by atoms with E-state index < -0.39 is 5.97 Å². The van der Waals surface area contributed by atoms with Crippen molar-refractivity contribution in [2.75, 3.05) is 0 Å². The van der Waals surface area contributed by atoms with Gasteiger partial charge in [0.15, 0.2) is 0 Å². The van der Waals surface area contributed by atoms with E-state index in [1.807, 2.05) is 0 Å². The fraction of sp³-hybridized carbons (Fsp3) is 0. The van der Waals surface area contributed by atoms with Crippen LogP contribution in [0, 0.1) is 0 Å². The molecule has 7 heavy (non-hydrogen) atoms. The number of hydrogen-bond donors (Lipinski definition) is 3. The second-order valence-corrected chi connectivity index (χ2v) is 0.456. The lowest BCUT2D eigenvalue weighted by Gasteiger charge is -1.59. The first-order chi connectivity index (χ1) is 2.27. The molecule has 0 atom stereocenters. The molecule has 0 fully saturated rings. The maximum atomic E-state index is 9.00. The molecule has 0 saturated carbocycles. The fourth-order valence-electron chi connectivity index (χ4n) is 0. The minimum absolute atomic E-state index is 0. The lowest BCUT2D eigenvalue weighted by Crippen LogP contribution is -1.91. The Balaban J connectivity index is -0.0000000800. The van der Waals surface area contributed by atoms with Crippen molar-refractivity contribution >= 4 is 12.3 Å². The van der Waals surface area contributed by atoms with Crippen molar-refractivity contribution in [2.24, 2.45) is 0 Å². The van der Waals surface area contributed by atoms with Gasteiger partial charge in [-0.3, -0.25) is 4.79 Å². The van der Waals surface area contributed by atoms with Gasteiger partial charge in [-0.15, -0.1) is 0 Å². The van der Waals surface area contributed by atoms with E-state index in [9.17, 15) is 0 Å². The van der Waals surface area contributed by atoms with E-state index in [-0.39, 0.29) is 18.6 Å². The van der Waals surface area contributed by atoms with Crippen molar-refractivity contribution < 1.29 is 14.7 Å². The average Bonchev–Trinajstić information content (AvgIpc) is 1.38. The highest BCUT2D eigenvalue weighted by molar-refractivity contribution is 6.19. The molecule has 0 bridgehead atoms. The largest absolute Gasteiger partial charge is 0.476 e. The van der Waals surface area contributed by atoms with E-state index in [4.69, 9.17) is 14.7 Å². The van der Waals surface area contributed by atoms with E-state index in [0.29, 0.717) is 0 Å². The molecule has 0 aromatic rings. The van der Waals surface area contributed by atoms with Crippen LogP contribution in [0.5, 0.6) is 0 Å². The predicted octanol–water partition coefficient (Wildman–Crippen LogP) is -0.406. The van der Waals surface area contributed by atoms with Gasteiger partial charge in [-0.25, -0.2) is 4.79 Å². The Morgan fingerprint density at radius 3 is 1.57 bits per heavy atom. The normalized spacial score (nSPS) is 4.57. The molecule has 0 amide bonds. The summed E-state index contributed by atoms with van der Waals surface area (Å²) in [6, 6.07) is 0. The van der Waals surface area contributed by atoms with Crippen LogP contribution in [-0.2, 0) is 9.59 Å². The van der Waals surface area contributed by atoms with Gasteiger partial charge in [0.1, 0.15) is 0 Å². The zero-order chi connectivity index (χ0) is 4.28. The molecular formula is C2H8N2O3. The maximum absolute atomic E-state index is 9.00. The number of carboxylic acid groups (broad SMARTS) is 1. The number of rotatable bonds is 1. The molecule has 0 aliphatic heterocycles. The number of hydrogen-bond acceptors (Lipinski definition) is 4. The molecule has 0 saturated heterocycles. The third kappa shape index (κ3) is 42.2. The quantitative estimate of drug-likeness (QED) is 0.311. The number of carbonyl (C=O) groups is 2. The summed E-state index contributed by atoms with van der Waals surface area (Å²) in [7, 11) is 0. The summed E-state index contributed by atoms with van der Waals surface area (Å²) in [6.07, 6.45) is -0.167. The van der Waals surface area contributed by atoms with E-state index in [1.165, 1.54) is 0 Å². The van der Waals surface area contributed by atoms with Crippen LogP contribution in [0.3, 0.4) is 0 Å². The topological polar surface area (TPSA) is 124 Å². The highest BCUT2D eigenvalue weighted by Gasteiger charge is 1.80. The number of aliphatic carboxylic acids is 1. The number of aldehydes is 1. The van der Waals surface area contributed by atoms with Crippen LogP contribution in [0.1, 0.15) is 0 Å². The van der Waals surface area contributed by atoms with Crippen molar-refractivity contribution in [3.8, 4) is 0 Å². The molecule has 0 aliphatic rings. The van der Waals surface area contributed by atoms with Crippen molar-refractivity contribution in [1.29, 1.82) is 0 Å². The maximum Gasteiger partial charge on any atom is 0.368 e. The second kappa shape index (κ2) is 8.91. The molecule has 0 aromatic heterocycles. The van der Waals surface area contributed by atoms with Gasteiger partial charge >= 0.3 is 5.97 Å².